The van der Waals surface area contributed by atoms with Gasteiger partial charge >= 0.3 is 36.2 Å². The number of nitrogens with zero attached hydrogens (tertiary/aromatic N) is 2. The average molecular weight is 902 g/mol. The first kappa shape index (κ1) is 46.7. The van der Waals surface area contributed by atoms with Gasteiger partial charge in [0.05, 0.1) is 21.0 Å². The van der Waals surface area contributed by atoms with Crippen LogP contribution in [0, 0.1) is 20.2 Å². The summed E-state index contributed by atoms with van der Waals surface area (Å²) in [6, 6.07) is 5.93. The number of hydrogen-bond donors (Lipinski definition) is 0. The number of alkyl halides is 6. The molecular formula is C38H24Cl2F6N2O13. The van der Waals surface area contributed by atoms with E-state index in [9.17, 15) is 65.7 Å². The molecule has 0 amide bonds. The van der Waals surface area contributed by atoms with Crippen LogP contribution >= 0.6 is 23.2 Å². The second kappa shape index (κ2) is 19.4. The predicted octanol–water partition coefficient (Wildman–Crippen LogP) is 9.75. The first-order chi connectivity index (χ1) is 28.6. The number of nitro groups is 2. The lowest BCUT2D eigenvalue weighted by Gasteiger charge is -2.20. The summed E-state index contributed by atoms with van der Waals surface area (Å²) >= 11 is 12.6. The summed E-state index contributed by atoms with van der Waals surface area (Å²) in [7, 11) is 0. The highest BCUT2D eigenvalue weighted by molar-refractivity contribution is 6.34. The van der Waals surface area contributed by atoms with E-state index in [0.717, 1.165) is 24.3 Å². The van der Waals surface area contributed by atoms with E-state index in [2.05, 4.69) is 13.2 Å². The Morgan fingerprint density at radius 2 is 0.967 bits per heavy atom. The lowest BCUT2D eigenvalue weighted by Crippen LogP contribution is -2.19. The van der Waals surface area contributed by atoms with Crippen molar-refractivity contribution in [1.29, 1.82) is 0 Å². The molecule has 0 saturated carbocycles. The first-order valence-corrected chi connectivity index (χ1v) is 17.3. The zero-order valence-electron chi connectivity index (χ0n) is 30.4. The van der Waals surface area contributed by atoms with Crippen molar-refractivity contribution in [2.75, 3.05) is 26.4 Å². The van der Waals surface area contributed by atoms with E-state index in [4.69, 9.17) is 46.9 Å². The summed E-state index contributed by atoms with van der Waals surface area (Å²) < 4.78 is 108. The number of benzene rings is 4. The molecule has 0 aliphatic heterocycles. The Morgan fingerprint density at radius 1 is 0.607 bits per heavy atom. The third-order valence-corrected chi connectivity index (χ3v) is 8.44. The minimum absolute atomic E-state index is 0.346. The Morgan fingerprint density at radius 3 is 1.26 bits per heavy atom. The van der Waals surface area contributed by atoms with E-state index in [1.807, 2.05) is 0 Å². The van der Waals surface area contributed by atoms with Crippen LogP contribution in [0.4, 0.5) is 37.7 Å². The Balaban J connectivity index is 2.10. The maximum atomic E-state index is 13.7. The highest BCUT2D eigenvalue weighted by Crippen LogP contribution is 2.49. The van der Waals surface area contributed by atoms with Crippen LogP contribution in [0.5, 0.6) is 11.5 Å². The van der Waals surface area contributed by atoms with Crippen LogP contribution in [0.3, 0.4) is 0 Å². The Hall–Kier alpha value is -7.00. The minimum Gasteiger partial charge on any atom is -0.459 e. The van der Waals surface area contributed by atoms with Crippen molar-refractivity contribution in [1.82, 2.24) is 0 Å². The monoisotopic (exact) mass is 900 g/mol. The van der Waals surface area contributed by atoms with Crippen LogP contribution in [0.2, 0.25) is 10.0 Å². The molecule has 0 saturated heterocycles. The fraction of sp³-hybridized carbons (Fsp3) is 0.158. The van der Waals surface area contributed by atoms with Gasteiger partial charge in [0.1, 0.15) is 35.8 Å². The molecule has 0 unspecified atom stereocenters. The third kappa shape index (κ3) is 11.2. The smallest absolute Gasteiger partial charge is 0.416 e. The molecule has 0 aliphatic rings. The number of rotatable bonds is 16. The molecular weight excluding hydrogens is 877 g/mol. The summed E-state index contributed by atoms with van der Waals surface area (Å²) in [4.78, 5) is 74.0. The van der Waals surface area contributed by atoms with Gasteiger partial charge < -0.3 is 23.7 Å². The normalized spacial score (nSPS) is 11.2. The van der Waals surface area contributed by atoms with E-state index < -0.39 is 137 Å². The Bertz CT molecular complexity index is 2290. The zero-order chi connectivity index (χ0) is 45.4. The molecule has 0 aliphatic carbocycles. The van der Waals surface area contributed by atoms with Crippen LogP contribution in [-0.2, 0) is 40.9 Å². The van der Waals surface area contributed by atoms with Gasteiger partial charge in [-0.1, -0.05) is 60.6 Å². The average Bonchev–Trinajstić information content (AvgIpc) is 3.19. The van der Waals surface area contributed by atoms with Crippen LogP contribution in [-0.4, -0.2) is 60.2 Å². The number of nitro benzene ring substituents is 2. The van der Waals surface area contributed by atoms with Gasteiger partial charge in [0.25, 0.3) is 11.4 Å². The number of halogens is 8. The minimum atomic E-state index is -4.99. The molecule has 0 aromatic heterocycles. The van der Waals surface area contributed by atoms with E-state index in [1.54, 1.807) is 0 Å². The summed E-state index contributed by atoms with van der Waals surface area (Å²) in [5.41, 5.74) is -9.77. The van der Waals surface area contributed by atoms with Crippen LogP contribution < -0.4 is 4.74 Å². The molecule has 0 N–H and O–H groups in total. The van der Waals surface area contributed by atoms with E-state index >= 15 is 0 Å². The standard InChI is InChI=1S/C38H24Cl2F6N2O13/c1-3-13-57-29(49)17-59-35(51)33-25(47(53)54)9-11-27(31(33)21-7-5-19(15-23(21)39)37(41,42)43)61-28-12-10-26(48(55)56)34(36(52)60-18-30(50)58-14-4-2)32(28)22-8-6-20(16-24(22)40)38(44,45)46/h3-12,15-16H,1-2,13-14,17-18H2. The molecule has 0 bridgehead atoms. The Labute approximate surface area is 347 Å². The molecule has 4 aromatic rings. The van der Waals surface area contributed by atoms with Crippen LogP contribution in [0.25, 0.3) is 22.3 Å². The molecule has 0 radical (unpaired) electrons. The SMILES string of the molecule is C=CCOC(=O)COC(=O)c1c([N+](=O)[O-])ccc(Oc2ccc([N+](=O)[O-])c(C(=O)OCC(=O)OCC=C)c2-c2ccc(C(F)(F)F)cc2Cl)c1-c1ccc(C(F)(F)F)cc1Cl. The number of carbonyl (C=O) groups excluding carboxylic acids is 4. The van der Waals surface area contributed by atoms with E-state index in [-0.39, 0.29) is 13.2 Å². The van der Waals surface area contributed by atoms with Gasteiger partial charge in [-0.3, -0.25) is 20.2 Å². The van der Waals surface area contributed by atoms with Crippen molar-refractivity contribution in [2.45, 2.75) is 12.4 Å². The lowest BCUT2D eigenvalue weighted by atomic mass is 9.94. The van der Waals surface area contributed by atoms with Crippen LogP contribution in [0.15, 0.2) is 86.0 Å². The summed E-state index contributed by atoms with van der Waals surface area (Å²) in [6.45, 7) is 3.64. The quantitative estimate of drug-likeness (QED) is 0.0257. The third-order valence-electron chi connectivity index (χ3n) is 7.81. The number of hydrogen-bond acceptors (Lipinski definition) is 13. The van der Waals surface area contributed by atoms with E-state index in [1.165, 1.54) is 0 Å². The van der Waals surface area contributed by atoms with Gasteiger partial charge in [-0.05, 0) is 36.4 Å². The van der Waals surface area contributed by atoms with Crippen molar-refractivity contribution in [3.8, 4) is 33.8 Å². The van der Waals surface area contributed by atoms with Crippen LogP contribution in [0.1, 0.15) is 31.8 Å². The fourth-order valence-corrected chi connectivity index (χ4v) is 5.80. The fourth-order valence-electron chi connectivity index (χ4n) is 5.25. The van der Waals surface area contributed by atoms with Gasteiger partial charge in [0.2, 0.25) is 0 Å². The second-order valence-corrected chi connectivity index (χ2v) is 12.6. The molecule has 0 atom stereocenters. The van der Waals surface area contributed by atoms with Crippen molar-refractivity contribution in [3.63, 3.8) is 0 Å². The van der Waals surface area contributed by atoms with Gasteiger partial charge in [-0.2, -0.15) is 26.3 Å². The number of carbonyl (C=O) groups is 4. The van der Waals surface area contributed by atoms with Crippen molar-refractivity contribution >= 4 is 58.5 Å². The first-order valence-electron chi connectivity index (χ1n) is 16.5. The molecule has 320 valence electrons. The van der Waals surface area contributed by atoms with Gasteiger partial charge in [-0.25, -0.2) is 19.2 Å². The second-order valence-electron chi connectivity index (χ2n) is 11.8. The van der Waals surface area contributed by atoms with Crippen molar-refractivity contribution in [2.24, 2.45) is 0 Å². The highest BCUT2D eigenvalue weighted by atomic mass is 35.5. The number of esters is 4. The van der Waals surface area contributed by atoms with Gasteiger partial charge in [0, 0.05) is 44.4 Å². The molecule has 0 heterocycles. The summed E-state index contributed by atoms with van der Waals surface area (Å²) in [5.74, 6) is -7.18. The van der Waals surface area contributed by atoms with E-state index in [0.29, 0.717) is 48.5 Å². The van der Waals surface area contributed by atoms with Gasteiger partial charge in [-0.15, -0.1) is 0 Å². The topological polar surface area (TPSA) is 201 Å². The summed E-state index contributed by atoms with van der Waals surface area (Å²) in [6.07, 6.45) is -7.66. The zero-order valence-corrected chi connectivity index (χ0v) is 31.9. The van der Waals surface area contributed by atoms with Crippen molar-refractivity contribution < 1.29 is 79.1 Å². The molecule has 15 nitrogen and oxygen atoms in total. The Kier molecular flexibility index (Phi) is 14.8. The molecule has 0 spiro atoms. The maximum Gasteiger partial charge on any atom is 0.416 e. The molecule has 4 aromatic carbocycles. The molecule has 4 rings (SSSR count). The number of ether oxygens (including phenoxy) is 5. The lowest BCUT2D eigenvalue weighted by molar-refractivity contribution is -0.385. The van der Waals surface area contributed by atoms with Gasteiger partial charge in [0.15, 0.2) is 13.2 Å². The highest BCUT2D eigenvalue weighted by Gasteiger charge is 2.37. The largest absolute Gasteiger partial charge is 0.459 e. The molecule has 0 fully saturated rings. The predicted molar refractivity (Wildman–Crippen MR) is 200 cm³/mol. The molecule has 23 heteroatoms. The van der Waals surface area contributed by atoms with Crippen molar-refractivity contribution in [3.05, 3.63) is 139 Å². The summed E-state index contributed by atoms with van der Waals surface area (Å²) in [5, 5.41) is 23.0. The molecule has 61 heavy (non-hydrogen) atoms. The maximum absolute atomic E-state index is 13.7.